The molecule has 0 N–H and O–H groups in total. The monoisotopic (exact) mass is 406 g/mol. The van der Waals surface area contributed by atoms with E-state index in [0.717, 1.165) is 10.0 Å². The quantitative estimate of drug-likeness (QED) is 0.407. The molecule has 1 rings (SSSR count). The number of hydrogen-bond donors (Lipinski definition) is 0. The molecule has 1 aromatic rings. The van der Waals surface area contributed by atoms with Gasteiger partial charge >= 0.3 is 6.18 Å². The molecule has 0 aliphatic rings. The van der Waals surface area contributed by atoms with Gasteiger partial charge in [0.05, 0.1) is 0 Å². The Bertz CT molecular complexity index is 436. The Morgan fingerprint density at radius 3 is 2.24 bits per heavy atom. The lowest BCUT2D eigenvalue weighted by Crippen LogP contribution is -2.31. The highest BCUT2D eigenvalue weighted by molar-refractivity contribution is 9.10. The normalized spacial score (nSPS) is 12.7. The molecule has 0 aliphatic heterocycles. The lowest BCUT2D eigenvalue weighted by Gasteiger charge is -2.31. The fraction of sp³-hybridized carbons (Fsp3) is 0.571. The zero-order valence-electron chi connectivity index (χ0n) is 11.2. The van der Waals surface area contributed by atoms with E-state index in [-0.39, 0.29) is 6.61 Å². The van der Waals surface area contributed by atoms with Crippen LogP contribution >= 0.6 is 39.1 Å². The molecule has 0 saturated carbocycles. The third kappa shape index (κ3) is 5.97. The first-order valence-electron chi connectivity index (χ1n) is 6.36. The molecule has 1 aromatic carbocycles. The molecule has 0 aromatic heterocycles. The van der Waals surface area contributed by atoms with Crippen LogP contribution < -0.4 is 0 Å². The van der Waals surface area contributed by atoms with Crippen molar-refractivity contribution in [2.75, 3.05) is 25.0 Å². The van der Waals surface area contributed by atoms with E-state index in [1.54, 1.807) is 0 Å². The topological polar surface area (TPSA) is 9.23 Å². The van der Waals surface area contributed by atoms with Gasteiger partial charge in [-0.2, -0.15) is 13.2 Å². The highest BCUT2D eigenvalue weighted by Crippen LogP contribution is 2.36. The van der Waals surface area contributed by atoms with Gasteiger partial charge in [-0.25, -0.2) is 0 Å². The average Bonchev–Trinajstić information content (AvgIpc) is 2.43. The van der Waals surface area contributed by atoms with Crippen LogP contribution in [0.1, 0.15) is 18.4 Å². The van der Waals surface area contributed by atoms with E-state index in [1.165, 1.54) is 0 Å². The standard InChI is InChI=1S/C14H16BrCl2F3O/c15-12-5-2-1-4-11(12)13(8-16,9-17)6-3-7-21-10-14(18,19)20/h1-2,4-5H,3,6-10H2. The smallest absolute Gasteiger partial charge is 0.372 e. The Kier molecular flexibility index (Phi) is 7.82. The number of hydrogen-bond acceptors (Lipinski definition) is 1. The molecule has 0 heterocycles. The van der Waals surface area contributed by atoms with E-state index in [9.17, 15) is 13.2 Å². The first-order chi connectivity index (χ1) is 9.84. The number of halogens is 6. The summed E-state index contributed by atoms with van der Waals surface area (Å²) < 4.78 is 41.5. The van der Waals surface area contributed by atoms with Gasteiger partial charge in [-0.1, -0.05) is 34.1 Å². The molecular formula is C14H16BrCl2F3O. The zero-order chi connectivity index (χ0) is 15.9. The van der Waals surface area contributed by atoms with E-state index in [0.29, 0.717) is 24.6 Å². The molecule has 0 atom stereocenters. The zero-order valence-corrected chi connectivity index (χ0v) is 14.3. The molecule has 0 fully saturated rings. The summed E-state index contributed by atoms with van der Waals surface area (Å²) in [6.07, 6.45) is -3.28. The van der Waals surface area contributed by atoms with Gasteiger partial charge in [0, 0.05) is 28.3 Å². The summed E-state index contributed by atoms with van der Waals surface area (Å²) in [6, 6.07) is 7.58. The van der Waals surface area contributed by atoms with Crippen molar-refractivity contribution in [3.8, 4) is 0 Å². The third-order valence-corrected chi connectivity index (χ3v) is 4.88. The number of rotatable bonds is 8. The molecule has 0 unspecified atom stereocenters. The Morgan fingerprint density at radius 1 is 1.10 bits per heavy atom. The molecule has 0 radical (unpaired) electrons. The largest absolute Gasteiger partial charge is 0.411 e. The first kappa shape index (κ1) is 19.1. The molecule has 0 amide bonds. The van der Waals surface area contributed by atoms with Crippen LogP contribution in [0.2, 0.25) is 0 Å². The van der Waals surface area contributed by atoms with Crippen LogP contribution in [0.4, 0.5) is 13.2 Å². The maximum atomic E-state index is 12.0. The van der Waals surface area contributed by atoms with E-state index in [1.807, 2.05) is 24.3 Å². The second-order valence-corrected chi connectivity index (χ2v) is 6.19. The highest BCUT2D eigenvalue weighted by atomic mass is 79.9. The summed E-state index contributed by atoms with van der Waals surface area (Å²) in [5.41, 5.74) is 0.482. The van der Waals surface area contributed by atoms with Gasteiger partial charge in [-0.15, -0.1) is 23.2 Å². The van der Waals surface area contributed by atoms with Crippen LogP contribution in [-0.2, 0) is 10.2 Å². The molecular weight excluding hydrogens is 392 g/mol. The summed E-state index contributed by atoms with van der Waals surface area (Å²) in [5, 5.41) is 0. The Balaban J connectivity index is 2.64. The van der Waals surface area contributed by atoms with E-state index in [2.05, 4.69) is 20.7 Å². The van der Waals surface area contributed by atoms with Crippen molar-refractivity contribution in [2.24, 2.45) is 0 Å². The molecule has 0 aliphatic carbocycles. The summed E-state index contributed by atoms with van der Waals surface area (Å²) in [6.45, 7) is -1.20. The minimum absolute atomic E-state index is 0.0273. The predicted molar refractivity (Wildman–Crippen MR) is 83.4 cm³/mol. The maximum absolute atomic E-state index is 12.0. The lowest BCUT2D eigenvalue weighted by atomic mass is 9.80. The summed E-state index contributed by atoms with van der Waals surface area (Å²) in [4.78, 5) is 0. The second-order valence-electron chi connectivity index (χ2n) is 4.80. The first-order valence-corrected chi connectivity index (χ1v) is 8.22. The molecule has 0 saturated heterocycles. The van der Waals surface area contributed by atoms with Gasteiger partial charge in [0.15, 0.2) is 0 Å². The molecule has 21 heavy (non-hydrogen) atoms. The third-order valence-electron chi connectivity index (χ3n) is 3.17. The van der Waals surface area contributed by atoms with Crippen LogP contribution in [0.3, 0.4) is 0 Å². The van der Waals surface area contributed by atoms with Gasteiger partial charge in [-0.05, 0) is 24.5 Å². The van der Waals surface area contributed by atoms with Crippen molar-refractivity contribution in [1.29, 1.82) is 0 Å². The minimum atomic E-state index is -4.29. The summed E-state index contributed by atoms with van der Waals surface area (Å²) in [7, 11) is 0. The molecule has 0 bridgehead atoms. The van der Waals surface area contributed by atoms with Crippen LogP contribution in [0.15, 0.2) is 28.7 Å². The molecule has 7 heteroatoms. The van der Waals surface area contributed by atoms with E-state index >= 15 is 0 Å². The van der Waals surface area contributed by atoms with Gasteiger partial charge in [-0.3, -0.25) is 0 Å². The van der Waals surface area contributed by atoms with Crippen molar-refractivity contribution >= 4 is 39.1 Å². The van der Waals surface area contributed by atoms with Crippen LogP contribution in [0.5, 0.6) is 0 Å². The molecule has 0 spiro atoms. The van der Waals surface area contributed by atoms with Gasteiger partial charge < -0.3 is 4.74 Å². The summed E-state index contributed by atoms with van der Waals surface area (Å²) in [5.74, 6) is 0.580. The van der Waals surface area contributed by atoms with E-state index in [4.69, 9.17) is 23.2 Å². The Hall–Kier alpha value is 0.0300. The minimum Gasteiger partial charge on any atom is -0.372 e. The average molecular weight is 408 g/mol. The lowest BCUT2D eigenvalue weighted by molar-refractivity contribution is -0.174. The van der Waals surface area contributed by atoms with Crippen LogP contribution in [0.25, 0.3) is 0 Å². The Morgan fingerprint density at radius 2 is 1.71 bits per heavy atom. The number of ether oxygens (including phenoxy) is 1. The fourth-order valence-electron chi connectivity index (χ4n) is 2.04. The fourth-order valence-corrected chi connectivity index (χ4v) is 3.59. The van der Waals surface area contributed by atoms with Gasteiger partial charge in [0.2, 0.25) is 0 Å². The van der Waals surface area contributed by atoms with Crippen molar-refractivity contribution in [1.82, 2.24) is 0 Å². The van der Waals surface area contributed by atoms with Gasteiger partial charge in [0.25, 0.3) is 0 Å². The highest BCUT2D eigenvalue weighted by Gasteiger charge is 2.32. The maximum Gasteiger partial charge on any atom is 0.411 e. The van der Waals surface area contributed by atoms with Gasteiger partial charge in [0.1, 0.15) is 6.61 Å². The van der Waals surface area contributed by atoms with Crippen molar-refractivity contribution in [3.05, 3.63) is 34.3 Å². The van der Waals surface area contributed by atoms with Crippen LogP contribution in [-0.4, -0.2) is 31.2 Å². The Labute approximate surface area is 140 Å². The van der Waals surface area contributed by atoms with Crippen molar-refractivity contribution in [2.45, 2.75) is 24.4 Å². The molecule has 1 nitrogen and oxygen atoms in total. The van der Waals surface area contributed by atoms with E-state index < -0.39 is 18.2 Å². The number of benzene rings is 1. The SMILES string of the molecule is FC(F)(F)COCCCC(CCl)(CCl)c1ccccc1Br. The van der Waals surface area contributed by atoms with Crippen molar-refractivity contribution in [3.63, 3.8) is 0 Å². The summed E-state index contributed by atoms with van der Waals surface area (Å²) >= 11 is 15.6. The van der Waals surface area contributed by atoms with Crippen LogP contribution in [0, 0.1) is 0 Å². The number of alkyl halides is 5. The molecule has 120 valence electrons. The second kappa shape index (κ2) is 8.61. The van der Waals surface area contributed by atoms with Crippen molar-refractivity contribution < 1.29 is 17.9 Å². The predicted octanol–water partition coefficient (Wildman–Crippen LogP) is 5.52.